The van der Waals surface area contributed by atoms with Crippen molar-refractivity contribution in [2.45, 2.75) is 31.1 Å². The Balaban J connectivity index is 1.68. The molecule has 3 N–H and O–H groups in total. The van der Waals surface area contributed by atoms with Crippen molar-refractivity contribution in [2.24, 2.45) is 0 Å². The summed E-state index contributed by atoms with van der Waals surface area (Å²) in [5.74, 6) is 1.42. The lowest BCUT2D eigenvalue weighted by atomic mass is 10.2. The molecule has 2 heterocycles. The largest absolute Gasteiger partial charge is 0.347 e. The van der Waals surface area contributed by atoms with Crippen molar-refractivity contribution in [3.63, 3.8) is 0 Å². The Morgan fingerprint density at radius 2 is 2.39 bits per heavy atom. The highest BCUT2D eigenvalue weighted by Gasteiger charge is 2.16. The molecule has 1 unspecified atom stereocenters. The number of hydrogen-bond donors (Lipinski definition) is 3. The Labute approximate surface area is 112 Å². The van der Waals surface area contributed by atoms with Crippen LogP contribution < -0.4 is 10.6 Å². The van der Waals surface area contributed by atoms with Gasteiger partial charge in [0, 0.05) is 17.6 Å². The Kier molecular flexibility index (Phi) is 5.07. The van der Waals surface area contributed by atoms with E-state index in [0.29, 0.717) is 11.0 Å². The molecule has 1 saturated heterocycles. The lowest BCUT2D eigenvalue weighted by molar-refractivity contribution is -0.119. The van der Waals surface area contributed by atoms with Gasteiger partial charge in [-0.15, -0.1) is 11.8 Å². The van der Waals surface area contributed by atoms with Crippen molar-refractivity contribution in [3.8, 4) is 0 Å². The van der Waals surface area contributed by atoms with Crippen molar-refractivity contribution < 1.29 is 4.79 Å². The molecule has 0 aromatic carbocycles. The lowest BCUT2D eigenvalue weighted by Crippen LogP contribution is -2.32. The van der Waals surface area contributed by atoms with E-state index in [0.717, 1.165) is 31.8 Å². The number of aromatic nitrogens is 2. The number of H-pyrrole nitrogens is 1. The highest BCUT2D eigenvalue weighted by atomic mass is 32.2. The van der Waals surface area contributed by atoms with Crippen LogP contribution in [0.4, 0.5) is 0 Å². The van der Waals surface area contributed by atoms with Gasteiger partial charge in [-0.1, -0.05) is 0 Å². The van der Waals surface area contributed by atoms with Crippen LogP contribution in [0.25, 0.3) is 0 Å². The number of carbonyl (C=O) groups is 1. The van der Waals surface area contributed by atoms with E-state index in [1.165, 1.54) is 0 Å². The molecule has 1 atom stereocenters. The fourth-order valence-corrected chi connectivity index (χ4v) is 3.06. The van der Waals surface area contributed by atoms with E-state index in [1.54, 1.807) is 24.2 Å². The van der Waals surface area contributed by atoms with Gasteiger partial charge >= 0.3 is 0 Å². The first-order chi connectivity index (χ1) is 8.75. The predicted octanol–water partition coefficient (Wildman–Crippen LogP) is 1.07. The van der Waals surface area contributed by atoms with Crippen LogP contribution in [0.5, 0.6) is 0 Å². The zero-order chi connectivity index (χ0) is 12.8. The van der Waals surface area contributed by atoms with Gasteiger partial charge in [0.1, 0.15) is 5.82 Å². The second-order valence-corrected chi connectivity index (χ2v) is 5.81. The topological polar surface area (TPSA) is 69.8 Å². The number of rotatable bonds is 5. The van der Waals surface area contributed by atoms with Crippen LogP contribution in [0.2, 0.25) is 0 Å². The van der Waals surface area contributed by atoms with E-state index >= 15 is 0 Å². The molecule has 0 spiro atoms. The monoisotopic (exact) mass is 268 g/mol. The summed E-state index contributed by atoms with van der Waals surface area (Å²) in [6.07, 6.45) is 5.78. The van der Waals surface area contributed by atoms with Gasteiger partial charge < -0.3 is 15.6 Å². The Bertz CT molecular complexity index is 362. The number of carbonyl (C=O) groups excluding carboxylic acids is 1. The van der Waals surface area contributed by atoms with E-state index in [-0.39, 0.29) is 11.9 Å². The van der Waals surface area contributed by atoms with Gasteiger partial charge in [-0.3, -0.25) is 4.79 Å². The zero-order valence-electron chi connectivity index (χ0n) is 10.6. The molecule has 1 fully saturated rings. The zero-order valence-corrected chi connectivity index (χ0v) is 11.4. The highest BCUT2D eigenvalue weighted by Crippen LogP contribution is 2.20. The number of nitrogens with one attached hydrogen (secondary N) is 3. The van der Waals surface area contributed by atoms with Crippen molar-refractivity contribution in [2.75, 3.05) is 18.8 Å². The number of hydrogen-bond acceptors (Lipinski definition) is 4. The van der Waals surface area contributed by atoms with Crippen LogP contribution >= 0.6 is 11.8 Å². The van der Waals surface area contributed by atoms with Gasteiger partial charge in [0.05, 0.1) is 11.8 Å². The molecule has 100 valence electrons. The van der Waals surface area contributed by atoms with Crippen LogP contribution in [0.15, 0.2) is 12.4 Å². The molecular weight excluding hydrogens is 248 g/mol. The first-order valence-electron chi connectivity index (χ1n) is 6.36. The van der Waals surface area contributed by atoms with Gasteiger partial charge in [0.25, 0.3) is 0 Å². The predicted molar refractivity (Wildman–Crippen MR) is 73.5 cm³/mol. The summed E-state index contributed by atoms with van der Waals surface area (Å²) in [6, 6.07) is -0.0545. The Morgan fingerprint density at radius 3 is 3.06 bits per heavy atom. The molecule has 0 aliphatic carbocycles. The highest BCUT2D eigenvalue weighted by molar-refractivity contribution is 8.00. The van der Waals surface area contributed by atoms with E-state index in [4.69, 9.17) is 0 Å². The van der Waals surface area contributed by atoms with Crippen LogP contribution in [0, 0.1) is 0 Å². The first-order valence-corrected chi connectivity index (χ1v) is 7.41. The molecule has 1 aliphatic heterocycles. The summed E-state index contributed by atoms with van der Waals surface area (Å²) >= 11 is 1.76. The van der Waals surface area contributed by atoms with Crippen molar-refractivity contribution >= 4 is 17.7 Å². The summed E-state index contributed by atoms with van der Waals surface area (Å²) in [5, 5.41) is 6.90. The third-order valence-corrected chi connectivity index (χ3v) is 4.41. The number of aromatic amines is 1. The van der Waals surface area contributed by atoms with Crippen LogP contribution in [0.1, 0.15) is 31.6 Å². The average Bonchev–Trinajstić information content (AvgIpc) is 2.91. The second kappa shape index (κ2) is 6.80. The minimum absolute atomic E-state index is 0.0545. The van der Waals surface area contributed by atoms with Gasteiger partial charge in [-0.25, -0.2) is 4.98 Å². The van der Waals surface area contributed by atoms with Gasteiger partial charge in [0.15, 0.2) is 0 Å². The number of piperidine rings is 1. The lowest BCUT2D eigenvalue weighted by Gasteiger charge is -2.22. The minimum Gasteiger partial charge on any atom is -0.347 e. The maximum Gasteiger partial charge on any atom is 0.230 e. The third kappa shape index (κ3) is 4.03. The number of nitrogens with zero attached hydrogens (tertiary/aromatic N) is 1. The molecule has 18 heavy (non-hydrogen) atoms. The molecular formula is C12H20N4OS. The summed E-state index contributed by atoms with van der Waals surface area (Å²) in [6.45, 7) is 4.08. The number of imidazole rings is 1. The standard InChI is InChI=1S/C12H20N4OS/c1-9(12-14-6-7-15-12)16-11(17)8-18-10-2-4-13-5-3-10/h6-7,9-10,13H,2-5,8H2,1H3,(H,14,15)(H,16,17). The van der Waals surface area contributed by atoms with Crippen LogP contribution in [-0.4, -0.2) is 40.0 Å². The van der Waals surface area contributed by atoms with E-state index in [9.17, 15) is 4.79 Å². The molecule has 0 saturated carbocycles. The summed E-state index contributed by atoms with van der Waals surface area (Å²) in [4.78, 5) is 18.9. The second-order valence-electron chi connectivity index (χ2n) is 4.52. The number of thioether (sulfide) groups is 1. The first kappa shape index (κ1) is 13.4. The molecule has 0 bridgehead atoms. The number of amides is 1. The van der Waals surface area contributed by atoms with E-state index in [2.05, 4.69) is 20.6 Å². The summed E-state index contributed by atoms with van der Waals surface area (Å²) in [7, 11) is 0. The van der Waals surface area contributed by atoms with Gasteiger partial charge in [-0.05, 0) is 32.9 Å². The van der Waals surface area contributed by atoms with Gasteiger partial charge in [-0.2, -0.15) is 0 Å². The van der Waals surface area contributed by atoms with E-state index < -0.39 is 0 Å². The minimum atomic E-state index is -0.0545. The molecule has 2 rings (SSSR count). The smallest absolute Gasteiger partial charge is 0.230 e. The molecule has 6 heteroatoms. The molecule has 1 aromatic heterocycles. The fourth-order valence-electron chi connectivity index (χ4n) is 2.02. The Morgan fingerprint density at radius 1 is 1.61 bits per heavy atom. The summed E-state index contributed by atoms with van der Waals surface area (Å²) in [5.41, 5.74) is 0. The van der Waals surface area contributed by atoms with Crippen molar-refractivity contribution in [1.29, 1.82) is 0 Å². The summed E-state index contributed by atoms with van der Waals surface area (Å²) < 4.78 is 0. The van der Waals surface area contributed by atoms with Crippen LogP contribution in [-0.2, 0) is 4.79 Å². The van der Waals surface area contributed by atoms with E-state index in [1.807, 2.05) is 6.92 Å². The average molecular weight is 268 g/mol. The Hall–Kier alpha value is -1.01. The maximum atomic E-state index is 11.8. The van der Waals surface area contributed by atoms with Crippen molar-refractivity contribution in [3.05, 3.63) is 18.2 Å². The quantitative estimate of drug-likeness (QED) is 0.747. The molecule has 1 aromatic rings. The molecule has 0 radical (unpaired) electrons. The molecule has 1 aliphatic rings. The van der Waals surface area contributed by atoms with Gasteiger partial charge in [0.2, 0.25) is 5.91 Å². The van der Waals surface area contributed by atoms with Crippen molar-refractivity contribution in [1.82, 2.24) is 20.6 Å². The fraction of sp³-hybridized carbons (Fsp3) is 0.667. The maximum absolute atomic E-state index is 11.8. The molecule has 1 amide bonds. The normalized spacial score (nSPS) is 18.5. The molecule has 5 nitrogen and oxygen atoms in total. The SMILES string of the molecule is CC(NC(=O)CSC1CCNCC1)c1ncc[nH]1. The third-order valence-electron chi connectivity index (χ3n) is 3.04. The van der Waals surface area contributed by atoms with Crippen LogP contribution in [0.3, 0.4) is 0 Å².